The molecule has 1 amide bonds. The van der Waals surface area contributed by atoms with Gasteiger partial charge >= 0.3 is 0 Å². The summed E-state index contributed by atoms with van der Waals surface area (Å²) >= 11 is 0. The molecule has 94 valence electrons. The second-order valence-electron chi connectivity index (χ2n) is 4.22. The molecule has 0 bridgehead atoms. The maximum Gasteiger partial charge on any atom is 0.234 e. The number of amides is 1. The van der Waals surface area contributed by atoms with Gasteiger partial charge in [0.1, 0.15) is 0 Å². The van der Waals surface area contributed by atoms with Crippen molar-refractivity contribution in [2.24, 2.45) is 11.8 Å². The summed E-state index contributed by atoms with van der Waals surface area (Å²) in [7, 11) is -3.29. The van der Waals surface area contributed by atoms with Gasteiger partial charge in [0.25, 0.3) is 0 Å². The van der Waals surface area contributed by atoms with Crippen molar-refractivity contribution >= 4 is 15.9 Å². The SMILES string of the molecule is CC1CCN(S(=O)(=O)CCC(=O)NN)CC1. The molecule has 0 spiro atoms. The third-order valence-corrected chi connectivity index (χ3v) is 4.76. The minimum absolute atomic E-state index is 0.0785. The average Bonchev–Trinajstić information content (AvgIpc) is 2.26. The van der Waals surface area contributed by atoms with E-state index in [1.54, 1.807) is 0 Å². The molecule has 3 N–H and O–H groups in total. The van der Waals surface area contributed by atoms with Crippen molar-refractivity contribution in [3.05, 3.63) is 0 Å². The van der Waals surface area contributed by atoms with E-state index in [0.717, 1.165) is 12.8 Å². The van der Waals surface area contributed by atoms with E-state index in [1.807, 2.05) is 5.43 Å². The highest BCUT2D eigenvalue weighted by Gasteiger charge is 2.26. The number of carbonyl (C=O) groups excluding carboxylic acids is 1. The van der Waals surface area contributed by atoms with Crippen LogP contribution in [-0.4, -0.2) is 37.5 Å². The van der Waals surface area contributed by atoms with E-state index in [4.69, 9.17) is 5.84 Å². The number of hydrogen-bond donors (Lipinski definition) is 2. The molecule has 0 unspecified atom stereocenters. The van der Waals surface area contributed by atoms with Gasteiger partial charge in [-0.25, -0.2) is 18.6 Å². The van der Waals surface area contributed by atoms with E-state index in [0.29, 0.717) is 19.0 Å². The van der Waals surface area contributed by atoms with Crippen molar-refractivity contribution in [3.8, 4) is 0 Å². The van der Waals surface area contributed by atoms with Crippen molar-refractivity contribution in [1.82, 2.24) is 9.73 Å². The molecule has 1 aliphatic rings. The van der Waals surface area contributed by atoms with Gasteiger partial charge in [0, 0.05) is 19.5 Å². The van der Waals surface area contributed by atoms with Gasteiger partial charge in [0.05, 0.1) is 5.75 Å². The molecule has 0 aliphatic carbocycles. The molecule has 16 heavy (non-hydrogen) atoms. The summed E-state index contributed by atoms with van der Waals surface area (Å²) in [6, 6.07) is 0. The topological polar surface area (TPSA) is 92.5 Å². The van der Waals surface area contributed by atoms with Crippen LogP contribution in [0.5, 0.6) is 0 Å². The van der Waals surface area contributed by atoms with Gasteiger partial charge in [-0.3, -0.25) is 10.2 Å². The molecule has 0 saturated carbocycles. The molecular formula is C9H19N3O3S. The van der Waals surface area contributed by atoms with Gasteiger partial charge in [-0.05, 0) is 18.8 Å². The molecule has 0 aromatic carbocycles. The lowest BCUT2D eigenvalue weighted by molar-refractivity contribution is -0.120. The van der Waals surface area contributed by atoms with E-state index in [9.17, 15) is 13.2 Å². The van der Waals surface area contributed by atoms with Gasteiger partial charge in [-0.2, -0.15) is 0 Å². The average molecular weight is 249 g/mol. The summed E-state index contributed by atoms with van der Waals surface area (Å²) in [5.74, 6) is 4.86. The van der Waals surface area contributed by atoms with Crippen LogP contribution in [0.25, 0.3) is 0 Å². The first kappa shape index (κ1) is 13.4. The normalized spacial score (nSPS) is 19.6. The maximum absolute atomic E-state index is 11.8. The summed E-state index contributed by atoms with van der Waals surface area (Å²) in [5.41, 5.74) is 1.93. The molecule has 0 aromatic rings. The molecule has 0 atom stereocenters. The van der Waals surface area contributed by atoms with Crippen molar-refractivity contribution in [2.75, 3.05) is 18.8 Å². The Bertz CT molecular complexity index is 334. The van der Waals surface area contributed by atoms with E-state index in [1.165, 1.54) is 4.31 Å². The quantitative estimate of drug-likeness (QED) is 0.396. The Morgan fingerprint density at radius 3 is 2.50 bits per heavy atom. The van der Waals surface area contributed by atoms with Crippen LogP contribution < -0.4 is 11.3 Å². The zero-order valence-corrected chi connectivity index (χ0v) is 10.3. The van der Waals surface area contributed by atoms with E-state index in [-0.39, 0.29) is 12.2 Å². The Labute approximate surface area is 96.2 Å². The Hall–Kier alpha value is -0.660. The van der Waals surface area contributed by atoms with Crippen LogP contribution in [0.1, 0.15) is 26.2 Å². The van der Waals surface area contributed by atoms with E-state index in [2.05, 4.69) is 6.92 Å². The highest BCUT2D eigenvalue weighted by atomic mass is 32.2. The van der Waals surface area contributed by atoms with Gasteiger partial charge in [0.15, 0.2) is 0 Å². The van der Waals surface area contributed by atoms with Gasteiger partial charge < -0.3 is 0 Å². The maximum atomic E-state index is 11.8. The van der Waals surface area contributed by atoms with Crippen LogP contribution in [-0.2, 0) is 14.8 Å². The monoisotopic (exact) mass is 249 g/mol. The summed E-state index contributed by atoms with van der Waals surface area (Å²) in [5, 5.41) is 0. The number of nitrogens with zero attached hydrogens (tertiary/aromatic N) is 1. The summed E-state index contributed by atoms with van der Waals surface area (Å²) in [4.78, 5) is 10.9. The first-order chi connectivity index (χ1) is 7.45. The Morgan fingerprint density at radius 1 is 1.44 bits per heavy atom. The predicted molar refractivity (Wildman–Crippen MR) is 60.7 cm³/mol. The summed E-state index contributed by atoms with van der Waals surface area (Å²) < 4.78 is 25.1. The Balaban J connectivity index is 2.47. The Kier molecular flexibility index (Phi) is 4.69. The highest BCUT2D eigenvalue weighted by Crippen LogP contribution is 2.19. The zero-order chi connectivity index (χ0) is 12.2. The lowest BCUT2D eigenvalue weighted by Crippen LogP contribution is -2.40. The number of sulfonamides is 1. The van der Waals surface area contributed by atoms with Gasteiger partial charge in [0.2, 0.25) is 15.9 Å². The lowest BCUT2D eigenvalue weighted by atomic mass is 10.0. The van der Waals surface area contributed by atoms with Crippen LogP contribution in [0.2, 0.25) is 0 Å². The molecule has 1 rings (SSSR count). The molecule has 1 aliphatic heterocycles. The van der Waals surface area contributed by atoms with Crippen LogP contribution in [0.15, 0.2) is 0 Å². The van der Waals surface area contributed by atoms with Crippen LogP contribution in [0.3, 0.4) is 0 Å². The van der Waals surface area contributed by atoms with Crippen LogP contribution >= 0.6 is 0 Å². The summed E-state index contributed by atoms with van der Waals surface area (Å²) in [6.45, 7) is 3.24. The molecule has 1 heterocycles. The van der Waals surface area contributed by atoms with E-state index >= 15 is 0 Å². The van der Waals surface area contributed by atoms with Crippen molar-refractivity contribution in [1.29, 1.82) is 0 Å². The minimum atomic E-state index is -3.29. The minimum Gasteiger partial charge on any atom is -0.294 e. The van der Waals surface area contributed by atoms with Crippen LogP contribution in [0.4, 0.5) is 0 Å². The fourth-order valence-electron chi connectivity index (χ4n) is 1.69. The van der Waals surface area contributed by atoms with Crippen molar-refractivity contribution < 1.29 is 13.2 Å². The smallest absolute Gasteiger partial charge is 0.234 e. The number of nitrogens with two attached hydrogens (primary N) is 1. The van der Waals surface area contributed by atoms with E-state index < -0.39 is 15.9 Å². The van der Waals surface area contributed by atoms with Gasteiger partial charge in [-0.1, -0.05) is 6.92 Å². The lowest BCUT2D eigenvalue weighted by Gasteiger charge is -2.29. The zero-order valence-electron chi connectivity index (χ0n) is 9.48. The second-order valence-corrected chi connectivity index (χ2v) is 6.30. The largest absolute Gasteiger partial charge is 0.294 e. The fraction of sp³-hybridized carbons (Fsp3) is 0.889. The third kappa shape index (κ3) is 3.73. The molecule has 7 heteroatoms. The molecular weight excluding hydrogens is 230 g/mol. The number of piperidine rings is 1. The number of hydrogen-bond acceptors (Lipinski definition) is 4. The fourth-order valence-corrected chi connectivity index (χ4v) is 3.15. The first-order valence-electron chi connectivity index (χ1n) is 5.43. The molecule has 0 radical (unpaired) electrons. The predicted octanol–water partition coefficient (Wildman–Crippen LogP) is -0.572. The van der Waals surface area contributed by atoms with Crippen LogP contribution in [0, 0.1) is 5.92 Å². The first-order valence-corrected chi connectivity index (χ1v) is 7.04. The summed E-state index contributed by atoms with van der Waals surface area (Å²) in [6.07, 6.45) is 1.70. The standard InChI is InChI=1S/C9H19N3O3S/c1-8-2-5-12(6-3-8)16(14,15)7-4-9(13)11-10/h8H,2-7,10H2,1H3,(H,11,13). The van der Waals surface area contributed by atoms with Gasteiger partial charge in [-0.15, -0.1) is 0 Å². The second kappa shape index (κ2) is 5.60. The number of rotatable bonds is 4. The van der Waals surface area contributed by atoms with Crippen molar-refractivity contribution in [3.63, 3.8) is 0 Å². The molecule has 0 aromatic heterocycles. The molecule has 6 nitrogen and oxygen atoms in total. The highest BCUT2D eigenvalue weighted by molar-refractivity contribution is 7.89. The Morgan fingerprint density at radius 2 is 2.00 bits per heavy atom. The van der Waals surface area contributed by atoms with Crippen molar-refractivity contribution in [2.45, 2.75) is 26.2 Å². The number of carbonyl (C=O) groups is 1. The molecule has 1 saturated heterocycles. The number of nitrogens with one attached hydrogen (secondary N) is 1. The number of hydrazine groups is 1. The molecule has 1 fully saturated rings. The third-order valence-electron chi connectivity index (χ3n) is 2.88.